The van der Waals surface area contributed by atoms with Crippen molar-refractivity contribution in [3.8, 4) is 5.75 Å². The molecule has 5 nitrogen and oxygen atoms in total. The Bertz CT molecular complexity index is 1120. The third-order valence-electron chi connectivity index (χ3n) is 4.78. The van der Waals surface area contributed by atoms with Crippen LogP contribution in [-0.4, -0.2) is 19.7 Å². The Morgan fingerprint density at radius 1 is 1.17 bits per heavy atom. The summed E-state index contributed by atoms with van der Waals surface area (Å²) in [6.07, 6.45) is 2.31. The van der Waals surface area contributed by atoms with Crippen molar-refractivity contribution in [2.45, 2.75) is 42.8 Å². The van der Waals surface area contributed by atoms with E-state index in [1.54, 1.807) is 23.1 Å². The molecule has 148 valence electrons. The van der Waals surface area contributed by atoms with Crippen molar-refractivity contribution in [1.29, 1.82) is 0 Å². The summed E-state index contributed by atoms with van der Waals surface area (Å²) < 4.78 is 9.35. The Labute approximate surface area is 182 Å². The number of aromatic nitrogens is 4. The fraction of sp³-hybridized carbons (Fsp3) is 0.286. The molecular formula is C21H19ClN4OS2. The number of hydrogen-bond acceptors (Lipinski definition) is 6. The minimum absolute atomic E-state index is 0.200. The molecular weight excluding hydrogens is 424 g/mol. The van der Waals surface area contributed by atoms with E-state index < -0.39 is 0 Å². The Kier molecular flexibility index (Phi) is 5.20. The highest BCUT2D eigenvalue weighted by molar-refractivity contribution is 7.99. The van der Waals surface area contributed by atoms with E-state index in [1.807, 2.05) is 30.3 Å². The van der Waals surface area contributed by atoms with Crippen LogP contribution in [0, 0.1) is 0 Å². The first-order valence-electron chi connectivity index (χ1n) is 9.52. The second-order valence-electron chi connectivity index (χ2n) is 7.00. The minimum Gasteiger partial charge on any atom is -0.484 e. The lowest BCUT2D eigenvalue weighted by Gasteiger charge is -2.12. The van der Waals surface area contributed by atoms with Crippen molar-refractivity contribution in [2.24, 2.45) is 0 Å². The predicted octanol–water partition coefficient (Wildman–Crippen LogP) is 6.31. The second-order valence-corrected chi connectivity index (χ2v) is 9.78. The van der Waals surface area contributed by atoms with Crippen LogP contribution < -0.4 is 4.74 Å². The third kappa shape index (κ3) is 3.99. The Hall–Kier alpha value is -2.09. The van der Waals surface area contributed by atoms with Gasteiger partial charge in [0.25, 0.3) is 0 Å². The van der Waals surface area contributed by atoms with Gasteiger partial charge in [0.2, 0.25) is 0 Å². The molecule has 1 atom stereocenters. The summed E-state index contributed by atoms with van der Waals surface area (Å²) in [6, 6.07) is 16.2. The number of para-hydroxylation sites is 2. The molecule has 2 aromatic heterocycles. The van der Waals surface area contributed by atoms with E-state index in [0.29, 0.717) is 23.4 Å². The number of rotatable bonds is 7. The molecule has 0 bridgehead atoms. The van der Waals surface area contributed by atoms with E-state index in [1.165, 1.54) is 4.70 Å². The maximum atomic E-state index is 6.20. The van der Waals surface area contributed by atoms with Crippen LogP contribution in [0.15, 0.2) is 53.7 Å². The van der Waals surface area contributed by atoms with Crippen LogP contribution in [0.5, 0.6) is 5.75 Å². The Balaban J connectivity index is 1.35. The van der Waals surface area contributed by atoms with E-state index in [-0.39, 0.29) is 5.25 Å². The van der Waals surface area contributed by atoms with E-state index in [4.69, 9.17) is 21.3 Å². The van der Waals surface area contributed by atoms with Gasteiger partial charge in [0.1, 0.15) is 17.4 Å². The first kappa shape index (κ1) is 18.9. The highest BCUT2D eigenvalue weighted by atomic mass is 35.5. The van der Waals surface area contributed by atoms with Crippen molar-refractivity contribution >= 4 is 44.9 Å². The van der Waals surface area contributed by atoms with Gasteiger partial charge in [-0.25, -0.2) is 4.98 Å². The molecule has 0 aliphatic heterocycles. The molecule has 5 rings (SSSR count). The average molecular weight is 443 g/mol. The van der Waals surface area contributed by atoms with Gasteiger partial charge in [-0.2, -0.15) is 0 Å². The molecule has 1 saturated carbocycles. The molecule has 0 unspecified atom stereocenters. The van der Waals surface area contributed by atoms with Crippen molar-refractivity contribution in [1.82, 2.24) is 19.7 Å². The number of fused-ring (bicyclic) bond motifs is 1. The van der Waals surface area contributed by atoms with Gasteiger partial charge in [-0.3, -0.25) is 4.57 Å². The molecule has 2 aromatic carbocycles. The molecule has 4 aromatic rings. The Morgan fingerprint density at radius 2 is 1.97 bits per heavy atom. The fourth-order valence-electron chi connectivity index (χ4n) is 3.16. The van der Waals surface area contributed by atoms with Crippen LogP contribution in [0.25, 0.3) is 10.2 Å². The molecule has 0 N–H and O–H groups in total. The van der Waals surface area contributed by atoms with Crippen LogP contribution in [0.3, 0.4) is 0 Å². The molecule has 1 aliphatic rings. The molecule has 1 aliphatic carbocycles. The van der Waals surface area contributed by atoms with Gasteiger partial charge in [0.05, 0.1) is 20.5 Å². The third-order valence-corrected chi connectivity index (χ3v) is 7.53. The molecule has 0 spiro atoms. The van der Waals surface area contributed by atoms with E-state index in [9.17, 15) is 0 Å². The van der Waals surface area contributed by atoms with Crippen LogP contribution in [0.4, 0.5) is 0 Å². The number of ether oxygens (including phenoxy) is 1. The maximum Gasteiger partial charge on any atom is 0.192 e. The largest absolute Gasteiger partial charge is 0.484 e. The average Bonchev–Trinajstić information content (AvgIpc) is 3.34. The van der Waals surface area contributed by atoms with Gasteiger partial charge in [0, 0.05) is 6.04 Å². The normalized spacial score (nSPS) is 15.0. The maximum absolute atomic E-state index is 6.20. The summed E-state index contributed by atoms with van der Waals surface area (Å²) >= 11 is 9.65. The summed E-state index contributed by atoms with van der Waals surface area (Å²) in [4.78, 5) is 4.79. The monoisotopic (exact) mass is 442 g/mol. The topological polar surface area (TPSA) is 52.8 Å². The SMILES string of the molecule is C[C@@H](Sc1nnc(COc2ccccc2Cl)n1C1CC1)c1nc2ccccc2s1. The van der Waals surface area contributed by atoms with Crippen LogP contribution in [0.1, 0.15) is 41.9 Å². The van der Waals surface area contributed by atoms with E-state index >= 15 is 0 Å². The first-order valence-corrected chi connectivity index (χ1v) is 11.6. The van der Waals surface area contributed by atoms with Crippen molar-refractivity contribution in [3.63, 3.8) is 0 Å². The van der Waals surface area contributed by atoms with Crippen LogP contribution >= 0.6 is 34.7 Å². The molecule has 0 radical (unpaired) electrons. The number of benzene rings is 2. The standard InChI is InChI=1S/C21H19ClN4OS2/c1-13(20-23-16-7-3-5-9-18(16)29-20)28-21-25-24-19(26(21)14-10-11-14)12-27-17-8-4-2-6-15(17)22/h2-9,13-14H,10-12H2,1H3/t13-/m1/s1. The lowest BCUT2D eigenvalue weighted by Crippen LogP contribution is -2.07. The molecule has 1 fully saturated rings. The number of hydrogen-bond donors (Lipinski definition) is 0. The molecule has 29 heavy (non-hydrogen) atoms. The highest BCUT2D eigenvalue weighted by Crippen LogP contribution is 2.43. The Morgan fingerprint density at radius 3 is 2.76 bits per heavy atom. The predicted molar refractivity (Wildman–Crippen MR) is 118 cm³/mol. The first-order chi connectivity index (χ1) is 14.2. The van der Waals surface area contributed by atoms with Crippen molar-refractivity contribution < 1.29 is 4.74 Å². The van der Waals surface area contributed by atoms with E-state index in [0.717, 1.165) is 34.3 Å². The molecule has 0 saturated heterocycles. The lowest BCUT2D eigenvalue weighted by molar-refractivity contribution is 0.288. The second kappa shape index (κ2) is 7.97. The van der Waals surface area contributed by atoms with Gasteiger partial charge in [-0.05, 0) is 44.0 Å². The van der Waals surface area contributed by atoms with Gasteiger partial charge < -0.3 is 4.74 Å². The summed E-state index contributed by atoms with van der Waals surface area (Å²) in [6.45, 7) is 2.53. The number of nitrogens with zero attached hydrogens (tertiary/aromatic N) is 4. The summed E-state index contributed by atoms with van der Waals surface area (Å²) in [7, 11) is 0. The zero-order valence-electron chi connectivity index (χ0n) is 15.8. The molecule has 2 heterocycles. The van der Waals surface area contributed by atoms with E-state index in [2.05, 4.69) is 39.9 Å². The molecule has 8 heteroatoms. The van der Waals surface area contributed by atoms with Crippen LogP contribution in [-0.2, 0) is 6.61 Å². The number of halogens is 1. The quantitative estimate of drug-likeness (QED) is 0.314. The van der Waals surface area contributed by atoms with Crippen molar-refractivity contribution in [2.75, 3.05) is 0 Å². The van der Waals surface area contributed by atoms with Crippen molar-refractivity contribution in [3.05, 3.63) is 64.4 Å². The minimum atomic E-state index is 0.200. The van der Waals surface area contributed by atoms with Gasteiger partial charge in [-0.1, -0.05) is 47.6 Å². The summed E-state index contributed by atoms with van der Waals surface area (Å²) in [5.74, 6) is 1.50. The number of thiazole rings is 1. The van der Waals surface area contributed by atoms with Gasteiger partial charge in [0.15, 0.2) is 11.0 Å². The fourth-order valence-corrected chi connectivity index (χ4v) is 5.47. The summed E-state index contributed by atoms with van der Waals surface area (Å²) in [5, 5.41) is 11.7. The summed E-state index contributed by atoms with van der Waals surface area (Å²) in [5.41, 5.74) is 1.05. The van der Waals surface area contributed by atoms with Gasteiger partial charge >= 0.3 is 0 Å². The zero-order chi connectivity index (χ0) is 19.8. The molecule has 0 amide bonds. The zero-order valence-corrected chi connectivity index (χ0v) is 18.2. The smallest absolute Gasteiger partial charge is 0.192 e. The number of thioether (sulfide) groups is 1. The van der Waals surface area contributed by atoms with Gasteiger partial charge in [-0.15, -0.1) is 21.5 Å². The highest BCUT2D eigenvalue weighted by Gasteiger charge is 2.31. The van der Waals surface area contributed by atoms with Crippen LogP contribution in [0.2, 0.25) is 5.02 Å². The lowest BCUT2D eigenvalue weighted by atomic mass is 10.3.